The molecule has 0 bridgehead atoms. The second kappa shape index (κ2) is 9.21. The van der Waals surface area contributed by atoms with Crippen molar-refractivity contribution >= 4 is 23.4 Å². The Bertz CT molecular complexity index is 883. The molecule has 0 spiro atoms. The maximum absolute atomic E-state index is 12.5. The number of ketones is 1. The molecule has 0 radical (unpaired) electrons. The van der Waals surface area contributed by atoms with Crippen molar-refractivity contribution in [3.8, 4) is 0 Å². The number of esters is 2. The molecule has 0 N–H and O–H groups in total. The van der Waals surface area contributed by atoms with Crippen molar-refractivity contribution in [2.45, 2.75) is 26.8 Å². The van der Waals surface area contributed by atoms with E-state index in [1.165, 1.54) is 7.11 Å². The highest BCUT2D eigenvalue weighted by Crippen LogP contribution is 2.18. The summed E-state index contributed by atoms with van der Waals surface area (Å²) in [7, 11) is 5.10. The van der Waals surface area contributed by atoms with Gasteiger partial charge in [-0.25, -0.2) is 4.79 Å². The molecular weight excluding hydrogens is 360 g/mol. The summed E-state index contributed by atoms with van der Waals surface area (Å²) in [5, 5.41) is 0. The number of hydrogen-bond donors (Lipinski definition) is 0. The van der Waals surface area contributed by atoms with Gasteiger partial charge in [0.25, 0.3) is 0 Å². The Balaban J connectivity index is 2.04. The summed E-state index contributed by atoms with van der Waals surface area (Å²) in [6.07, 6.45) is 0.220. The number of anilines is 1. The highest BCUT2D eigenvalue weighted by atomic mass is 16.5. The van der Waals surface area contributed by atoms with Gasteiger partial charge >= 0.3 is 11.9 Å². The predicted octanol–water partition coefficient (Wildman–Crippen LogP) is 2.77. The maximum atomic E-state index is 12.5. The largest absolute Gasteiger partial charge is 0.469 e. The maximum Gasteiger partial charge on any atom is 0.338 e. The first-order valence-corrected chi connectivity index (χ1v) is 8.95. The van der Waals surface area contributed by atoms with Gasteiger partial charge in [-0.15, -0.1) is 0 Å². The zero-order valence-corrected chi connectivity index (χ0v) is 16.9. The van der Waals surface area contributed by atoms with Crippen LogP contribution in [0.1, 0.15) is 38.5 Å². The van der Waals surface area contributed by atoms with Crippen LogP contribution in [-0.4, -0.2) is 50.1 Å². The molecule has 1 aromatic heterocycles. The van der Waals surface area contributed by atoms with E-state index in [9.17, 15) is 14.4 Å². The molecule has 0 aliphatic carbocycles. The molecule has 0 amide bonds. The third-order valence-electron chi connectivity index (χ3n) is 4.57. The Hall–Kier alpha value is -3.09. The van der Waals surface area contributed by atoms with Crippen LogP contribution in [0.15, 0.2) is 30.3 Å². The number of Topliss-reactive ketones (excluding diaryl/α,β-unsaturated/α-hetero) is 1. The van der Waals surface area contributed by atoms with Gasteiger partial charge in [-0.05, 0) is 38.1 Å². The average molecular weight is 386 g/mol. The number of hydrogen-bond acceptors (Lipinski definition) is 6. The first-order valence-electron chi connectivity index (χ1n) is 8.95. The monoisotopic (exact) mass is 386 g/mol. The average Bonchev–Trinajstić information content (AvgIpc) is 2.97. The topological polar surface area (TPSA) is 77.8 Å². The van der Waals surface area contributed by atoms with Crippen molar-refractivity contribution in [2.24, 2.45) is 0 Å². The number of carbonyl (C=O) groups is 3. The van der Waals surface area contributed by atoms with Gasteiger partial charge in [0.15, 0.2) is 6.61 Å². The van der Waals surface area contributed by atoms with Crippen molar-refractivity contribution in [3.05, 3.63) is 52.8 Å². The molecule has 1 aromatic carbocycles. The molecule has 0 saturated heterocycles. The van der Waals surface area contributed by atoms with E-state index >= 15 is 0 Å². The van der Waals surface area contributed by atoms with Crippen molar-refractivity contribution in [3.63, 3.8) is 0 Å². The van der Waals surface area contributed by atoms with E-state index in [1.54, 1.807) is 31.2 Å². The summed E-state index contributed by atoms with van der Waals surface area (Å²) in [4.78, 5) is 38.1. The number of ether oxygens (including phenoxy) is 2. The molecule has 2 aromatic rings. The van der Waals surface area contributed by atoms with Crippen LogP contribution < -0.4 is 4.90 Å². The van der Waals surface area contributed by atoms with Crippen molar-refractivity contribution < 1.29 is 23.9 Å². The normalized spacial score (nSPS) is 10.5. The van der Waals surface area contributed by atoms with Crippen LogP contribution in [0, 0.1) is 13.8 Å². The van der Waals surface area contributed by atoms with Crippen LogP contribution >= 0.6 is 0 Å². The van der Waals surface area contributed by atoms with Crippen LogP contribution in [0.25, 0.3) is 0 Å². The van der Waals surface area contributed by atoms with Gasteiger partial charge in [-0.3, -0.25) is 9.59 Å². The molecule has 0 atom stereocenters. The Morgan fingerprint density at radius 3 is 2.46 bits per heavy atom. The number of benzene rings is 1. The predicted molar refractivity (Wildman–Crippen MR) is 106 cm³/mol. The van der Waals surface area contributed by atoms with Gasteiger partial charge in [0.2, 0.25) is 5.78 Å². The van der Waals surface area contributed by atoms with Gasteiger partial charge in [0.1, 0.15) is 0 Å². The smallest absolute Gasteiger partial charge is 0.338 e. The quantitative estimate of drug-likeness (QED) is 0.513. The molecule has 2 rings (SSSR count). The van der Waals surface area contributed by atoms with Crippen molar-refractivity contribution in [1.82, 2.24) is 4.57 Å². The van der Waals surface area contributed by atoms with Gasteiger partial charge in [0.05, 0.1) is 19.1 Å². The number of rotatable bonds is 8. The van der Waals surface area contributed by atoms with E-state index in [0.29, 0.717) is 17.7 Å². The third-order valence-corrected chi connectivity index (χ3v) is 4.57. The molecular formula is C21H26N2O5. The minimum absolute atomic E-state index is 0.220. The fourth-order valence-electron chi connectivity index (χ4n) is 2.94. The fourth-order valence-corrected chi connectivity index (χ4v) is 2.94. The summed E-state index contributed by atoms with van der Waals surface area (Å²) in [5.41, 5.74) is 3.33. The minimum atomic E-state index is -0.545. The third kappa shape index (κ3) is 5.00. The lowest BCUT2D eigenvalue weighted by molar-refractivity contribution is -0.140. The number of aryl methyl sites for hydroxylation is 1. The Labute approximate surface area is 164 Å². The van der Waals surface area contributed by atoms with E-state index in [-0.39, 0.29) is 24.8 Å². The standard InChI is InChI=1S/C21H26N2O5/c1-14-11-18(15(2)23(14)10-9-20(25)27-5)19(24)13-28-21(26)16-7-6-8-17(12-16)22(3)4/h6-8,11-12H,9-10,13H2,1-5H3. The van der Waals surface area contributed by atoms with Crippen molar-refractivity contribution in [2.75, 3.05) is 32.7 Å². The molecule has 7 nitrogen and oxygen atoms in total. The van der Waals surface area contributed by atoms with Gasteiger partial charge in [-0.2, -0.15) is 0 Å². The molecule has 0 fully saturated rings. The fraction of sp³-hybridized carbons (Fsp3) is 0.381. The van der Waals surface area contributed by atoms with Crippen LogP contribution in [-0.2, 0) is 20.8 Å². The van der Waals surface area contributed by atoms with E-state index < -0.39 is 5.97 Å². The summed E-state index contributed by atoms with van der Waals surface area (Å²) >= 11 is 0. The molecule has 1 heterocycles. The molecule has 0 unspecified atom stereocenters. The van der Waals surface area contributed by atoms with E-state index in [1.807, 2.05) is 36.6 Å². The molecule has 0 aliphatic heterocycles. The lowest BCUT2D eigenvalue weighted by atomic mass is 10.1. The first-order chi connectivity index (χ1) is 13.2. The highest BCUT2D eigenvalue weighted by molar-refractivity contribution is 6.00. The summed E-state index contributed by atoms with van der Waals surface area (Å²) in [6.45, 7) is 3.75. The zero-order chi connectivity index (χ0) is 20.8. The van der Waals surface area contributed by atoms with E-state index in [2.05, 4.69) is 4.74 Å². The number of methoxy groups -OCH3 is 1. The Morgan fingerprint density at radius 1 is 1.11 bits per heavy atom. The molecule has 0 aliphatic rings. The molecule has 7 heteroatoms. The van der Waals surface area contributed by atoms with E-state index in [4.69, 9.17) is 4.74 Å². The van der Waals surface area contributed by atoms with Crippen LogP contribution in [0.2, 0.25) is 0 Å². The number of aromatic nitrogens is 1. The molecule has 150 valence electrons. The van der Waals surface area contributed by atoms with Gasteiger partial charge in [-0.1, -0.05) is 6.07 Å². The number of nitrogens with zero attached hydrogens (tertiary/aromatic N) is 2. The van der Waals surface area contributed by atoms with Crippen molar-refractivity contribution in [1.29, 1.82) is 0 Å². The van der Waals surface area contributed by atoms with Gasteiger partial charge < -0.3 is 18.9 Å². The SMILES string of the molecule is COC(=O)CCn1c(C)cc(C(=O)COC(=O)c2cccc(N(C)C)c2)c1C. The highest BCUT2D eigenvalue weighted by Gasteiger charge is 2.18. The minimum Gasteiger partial charge on any atom is -0.469 e. The zero-order valence-electron chi connectivity index (χ0n) is 16.9. The lowest BCUT2D eigenvalue weighted by Crippen LogP contribution is -2.16. The van der Waals surface area contributed by atoms with Crippen LogP contribution in [0.3, 0.4) is 0 Å². The summed E-state index contributed by atoms with van der Waals surface area (Å²) in [6, 6.07) is 8.76. The Morgan fingerprint density at radius 2 is 1.82 bits per heavy atom. The van der Waals surface area contributed by atoms with Gasteiger partial charge in [0, 0.05) is 43.3 Å². The second-order valence-electron chi connectivity index (χ2n) is 6.71. The lowest BCUT2D eigenvalue weighted by Gasteiger charge is -2.13. The first kappa shape index (κ1) is 21.2. The van der Waals surface area contributed by atoms with Crippen LogP contribution in [0.4, 0.5) is 5.69 Å². The number of carbonyl (C=O) groups excluding carboxylic acids is 3. The Kier molecular flexibility index (Phi) is 6.98. The summed E-state index contributed by atoms with van der Waals surface area (Å²) in [5.74, 6) is -1.14. The molecule has 0 saturated carbocycles. The summed E-state index contributed by atoms with van der Waals surface area (Å²) < 4.78 is 11.7. The molecule has 28 heavy (non-hydrogen) atoms. The van der Waals surface area contributed by atoms with Crippen LogP contribution in [0.5, 0.6) is 0 Å². The van der Waals surface area contributed by atoms with E-state index in [0.717, 1.165) is 17.1 Å². The second-order valence-corrected chi connectivity index (χ2v) is 6.71.